The third-order valence-corrected chi connectivity index (χ3v) is 7.31. The first-order valence-corrected chi connectivity index (χ1v) is 10.7. The summed E-state index contributed by atoms with van der Waals surface area (Å²) in [4.78, 5) is 22.4. The Balaban J connectivity index is 1.66. The van der Waals surface area contributed by atoms with Crippen molar-refractivity contribution in [2.24, 2.45) is 5.92 Å². The summed E-state index contributed by atoms with van der Waals surface area (Å²) < 4.78 is 0. The minimum absolute atomic E-state index is 0.0372. The summed E-state index contributed by atoms with van der Waals surface area (Å²) in [6.07, 6.45) is 3.16. The first-order valence-electron chi connectivity index (χ1n) is 8.13. The maximum Gasteiger partial charge on any atom is 0.260 e. The van der Waals surface area contributed by atoms with Crippen LogP contribution < -0.4 is 5.56 Å². The summed E-state index contributed by atoms with van der Waals surface area (Å²) in [6, 6.07) is 5.45. The summed E-state index contributed by atoms with van der Waals surface area (Å²) in [5, 5.41) is 2.65. The van der Waals surface area contributed by atoms with Gasteiger partial charge in [-0.1, -0.05) is 48.0 Å². The lowest BCUT2D eigenvalue weighted by molar-refractivity contribution is 0.509. The zero-order valence-corrected chi connectivity index (χ0v) is 16.7. The number of thiophene rings is 1. The van der Waals surface area contributed by atoms with Crippen molar-refractivity contribution in [3.8, 4) is 0 Å². The van der Waals surface area contributed by atoms with Crippen LogP contribution in [-0.4, -0.2) is 9.97 Å². The van der Waals surface area contributed by atoms with E-state index in [1.807, 2.05) is 18.2 Å². The van der Waals surface area contributed by atoms with Crippen LogP contribution in [-0.2, 0) is 18.6 Å². The second-order valence-electron chi connectivity index (χ2n) is 6.39. The molecule has 1 aliphatic carbocycles. The Labute approximate surface area is 163 Å². The minimum atomic E-state index is -0.0372. The Hall–Kier alpha value is -1.01. The molecule has 2 aromatic heterocycles. The van der Waals surface area contributed by atoms with Gasteiger partial charge in [0.2, 0.25) is 0 Å². The number of nitrogens with zero attached hydrogens (tertiary/aromatic N) is 1. The van der Waals surface area contributed by atoms with Gasteiger partial charge in [-0.3, -0.25) is 4.79 Å². The average Bonchev–Trinajstić information content (AvgIpc) is 2.92. The summed E-state index contributed by atoms with van der Waals surface area (Å²) >= 11 is 15.5. The average molecular weight is 411 g/mol. The van der Waals surface area contributed by atoms with Gasteiger partial charge in [-0.05, 0) is 48.4 Å². The maximum absolute atomic E-state index is 12.6. The number of thioether (sulfide) groups is 1. The maximum atomic E-state index is 12.6. The fourth-order valence-electron chi connectivity index (χ4n) is 3.21. The van der Waals surface area contributed by atoms with Crippen LogP contribution >= 0.6 is 46.3 Å². The fraction of sp³-hybridized carbons (Fsp3) is 0.333. The van der Waals surface area contributed by atoms with Crippen molar-refractivity contribution >= 4 is 56.5 Å². The molecular weight excluding hydrogens is 395 g/mol. The molecule has 1 N–H and O–H groups in total. The zero-order valence-electron chi connectivity index (χ0n) is 13.6. The van der Waals surface area contributed by atoms with E-state index in [4.69, 9.17) is 23.2 Å². The van der Waals surface area contributed by atoms with Crippen LogP contribution in [0.5, 0.6) is 0 Å². The Bertz CT molecular complexity index is 992. The number of benzene rings is 1. The van der Waals surface area contributed by atoms with Gasteiger partial charge in [-0.2, -0.15) is 0 Å². The van der Waals surface area contributed by atoms with Gasteiger partial charge < -0.3 is 4.98 Å². The third kappa shape index (κ3) is 3.35. The Morgan fingerprint density at radius 2 is 2.12 bits per heavy atom. The highest BCUT2D eigenvalue weighted by molar-refractivity contribution is 7.98. The highest BCUT2D eigenvalue weighted by Crippen LogP contribution is 2.36. The molecule has 1 atom stereocenters. The molecule has 0 saturated carbocycles. The van der Waals surface area contributed by atoms with Crippen LogP contribution in [0.4, 0.5) is 0 Å². The molecule has 1 unspecified atom stereocenters. The van der Waals surface area contributed by atoms with Crippen molar-refractivity contribution < 1.29 is 0 Å². The van der Waals surface area contributed by atoms with Gasteiger partial charge >= 0.3 is 0 Å². The normalized spacial score (nSPS) is 17.0. The van der Waals surface area contributed by atoms with Gasteiger partial charge in [-0.25, -0.2) is 4.98 Å². The standard InChI is InChI=1S/C18H16Cl2N2OS2/c1-9-5-6-10-14(7-9)25-17-15(10)16(23)21-18(22-17)24-8-11-12(19)3-2-4-13(11)20/h2-4,9H,5-8H2,1H3,(H,21,22,23). The Morgan fingerprint density at radius 3 is 2.88 bits per heavy atom. The van der Waals surface area contributed by atoms with E-state index in [1.165, 1.54) is 22.2 Å². The molecule has 0 amide bonds. The lowest BCUT2D eigenvalue weighted by Gasteiger charge is -2.17. The van der Waals surface area contributed by atoms with E-state index in [-0.39, 0.29) is 5.56 Å². The van der Waals surface area contributed by atoms with Gasteiger partial charge in [0.1, 0.15) is 4.83 Å². The zero-order chi connectivity index (χ0) is 17.6. The second kappa shape index (κ2) is 6.95. The van der Waals surface area contributed by atoms with Crippen LogP contribution in [0.2, 0.25) is 10.0 Å². The van der Waals surface area contributed by atoms with Crippen molar-refractivity contribution in [2.75, 3.05) is 0 Å². The second-order valence-corrected chi connectivity index (χ2v) is 9.25. The molecule has 1 aromatic carbocycles. The first kappa shape index (κ1) is 17.4. The van der Waals surface area contributed by atoms with Crippen LogP contribution in [0.1, 0.15) is 29.3 Å². The number of aromatic nitrogens is 2. The van der Waals surface area contributed by atoms with E-state index >= 15 is 0 Å². The summed E-state index contributed by atoms with van der Waals surface area (Å²) in [5.74, 6) is 1.24. The smallest absolute Gasteiger partial charge is 0.260 e. The van der Waals surface area contributed by atoms with Crippen LogP contribution in [0, 0.1) is 5.92 Å². The molecule has 3 aromatic rings. The molecule has 3 nitrogen and oxygen atoms in total. The molecule has 0 spiro atoms. The number of rotatable bonds is 3. The SMILES string of the molecule is CC1CCc2c(sc3nc(SCc4c(Cl)cccc4Cl)[nH]c(=O)c23)C1. The lowest BCUT2D eigenvalue weighted by Crippen LogP contribution is -2.13. The number of halogens is 2. The number of hydrogen-bond acceptors (Lipinski definition) is 4. The van der Waals surface area contributed by atoms with Crippen molar-refractivity contribution in [3.63, 3.8) is 0 Å². The molecule has 25 heavy (non-hydrogen) atoms. The predicted molar refractivity (Wildman–Crippen MR) is 107 cm³/mol. The van der Waals surface area contributed by atoms with Crippen molar-refractivity contribution in [2.45, 2.75) is 37.1 Å². The van der Waals surface area contributed by atoms with E-state index in [1.54, 1.807) is 11.3 Å². The summed E-state index contributed by atoms with van der Waals surface area (Å²) in [7, 11) is 0. The van der Waals surface area contributed by atoms with Crippen molar-refractivity contribution in [3.05, 3.63) is 54.6 Å². The number of H-pyrrole nitrogens is 1. The molecule has 4 rings (SSSR count). The van der Waals surface area contributed by atoms with Gasteiger partial charge in [0, 0.05) is 20.7 Å². The fourth-order valence-corrected chi connectivity index (χ4v) is 6.25. The lowest BCUT2D eigenvalue weighted by atomic mass is 9.89. The quantitative estimate of drug-likeness (QED) is 0.444. The van der Waals surface area contributed by atoms with E-state index in [9.17, 15) is 4.79 Å². The summed E-state index contributed by atoms with van der Waals surface area (Å²) in [5.41, 5.74) is 2.03. The van der Waals surface area contributed by atoms with Gasteiger partial charge in [0.05, 0.1) is 5.39 Å². The van der Waals surface area contributed by atoms with Gasteiger partial charge in [0.15, 0.2) is 5.16 Å². The molecule has 0 fully saturated rings. The molecule has 0 radical (unpaired) electrons. The number of aryl methyl sites for hydroxylation is 1. The van der Waals surface area contributed by atoms with E-state index in [2.05, 4.69) is 16.9 Å². The number of hydrogen-bond donors (Lipinski definition) is 1. The highest BCUT2D eigenvalue weighted by atomic mass is 35.5. The number of aromatic amines is 1. The van der Waals surface area contributed by atoms with E-state index in [0.29, 0.717) is 26.9 Å². The Morgan fingerprint density at radius 1 is 1.36 bits per heavy atom. The van der Waals surface area contributed by atoms with E-state index < -0.39 is 0 Å². The van der Waals surface area contributed by atoms with Crippen molar-refractivity contribution in [1.29, 1.82) is 0 Å². The van der Waals surface area contributed by atoms with Crippen LogP contribution in [0.25, 0.3) is 10.2 Å². The highest BCUT2D eigenvalue weighted by Gasteiger charge is 2.23. The Kier molecular flexibility index (Phi) is 4.84. The molecular formula is C18H16Cl2N2OS2. The number of nitrogens with one attached hydrogen (secondary N) is 1. The van der Waals surface area contributed by atoms with Crippen LogP contribution in [0.15, 0.2) is 28.2 Å². The molecule has 0 bridgehead atoms. The first-order chi connectivity index (χ1) is 12.0. The van der Waals surface area contributed by atoms with Gasteiger partial charge in [-0.15, -0.1) is 11.3 Å². The summed E-state index contributed by atoms with van der Waals surface area (Å²) in [6.45, 7) is 2.26. The van der Waals surface area contributed by atoms with E-state index in [0.717, 1.165) is 35.0 Å². The molecule has 0 aliphatic heterocycles. The predicted octanol–water partition coefficient (Wildman–Crippen LogP) is 5.71. The molecule has 7 heteroatoms. The monoisotopic (exact) mass is 410 g/mol. The van der Waals surface area contributed by atoms with Gasteiger partial charge in [0.25, 0.3) is 5.56 Å². The molecule has 1 aliphatic rings. The molecule has 2 heterocycles. The molecule has 130 valence electrons. The van der Waals surface area contributed by atoms with Crippen molar-refractivity contribution in [1.82, 2.24) is 9.97 Å². The number of fused-ring (bicyclic) bond motifs is 3. The largest absolute Gasteiger partial charge is 0.301 e. The van der Waals surface area contributed by atoms with Crippen LogP contribution in [0.3, 0.4) is 0 Å². The third-order valence-electron chi connectivity index (χ3n) is 4.56. The molecule has 0 saturated heterocycles. The minimum Gasteiger partial charge on any atom is -0.301 e. The topological polar surface area (TPSA) is 45.8 Å².